The highest BCUT2D eigenvalue weighted by molar-refractivity contribution is 8.01. The van der Waals surface area contributed by atoms with Crippen LogP contribution in [0.1, 0.15) is 15.4 Å². The van der Waals surface area contributed by atoms with Gasteiger partial charge in [-0.15, -0.1) is 11.3 Å². The largest absolute Gasteiger partial charge is 0.477 e. The van der Waals surface area contributed by atoms with Crippen molar-refractivity contribution in [3.63, 3.8) is 0 Å². The Hall–Kier alpha value is -0.800. The average molecular weight is 301 g/mol. The van der Waals surface area contributed by atoms with Gasteiger partial charge in [0.05, 0.1) is 12.3 Å². The maximum absolute atomic E-state index is 11.7. The number of hydrogen-bond acceptors (Lipinski definition) is 5. The molecule has 102 valence electrons. The number of ether oxygens (including phenoxy) is 1. The second-order valence-electron chi connectivity index (χ2n) is 3.22. The summed E-state index contributed by atoms with van der Waals surface area (Å²) in [5.74, 6) is -0.757. The number of aryl methyl sites for hydroxylation is 1. The van der Waals surface area contributed by atoms with E-state index in [-0.39, 0.29) is 11.5 Å². The first-order valence-corrected chi connectivity index (χ1v) is 6.58. The Morgan fingerprint density at radius 2 is 2.22 bits per heavy atom. The van der Waals surface area contributed by atoms with E-state index in [1.54, 1.807) is 6.92 Å². The van der Waals surface area contributed by atoms with Gasteiger partial charge in [0.2, 0.25) is 0 Å². The smallest absolute Gasteiger partial charge is 0.411 e. The van der Waals surface area contributed by atoms with Crippen molar-refractivity contribution in [2.75, 3.05) is 19.0 Å². The zero-order valence-corrected chi connectivity index (χ0v) is 10.9. The lowest BCUT2D eigenvalue weighted by molar-refractivity contribution is -0.172. The van der Waals surface area contributed by atoms with Crippen LogP contribution in [0.15, 0.2) is 4.34 Å². The molecule has 18 heavy (non-hydrogen) atoms. The molecule has 9 heteroatoms. The van der Waals surface area contributed by atoms with Gasteiger partial charge < -0.3 is 9.84 Å². The Labute approximate surface area is 109 Å². The zero-order valence-electron chi connectivity index (χ0n) is 9.28. The maximum atomic E-state index is 11.7. The molecule has 0 aliphatic carbocycles. The number of carboxylic acid groups (broad SMARTS) is 1. The molecule has 0 unspecified atom stereocenters. The van der Waals surface area contributed by atoms with Crippen molar-refractivity contribution >= 4 is 29.1 Å². The van der Waals surface area contributed by atoms with E-state index >= 15 is 0 Å². The van der Waals surface area contributed by atoms with Gasteiger partial charge >= 0.3 is 12.1 Å². The van der Waals surface area contributed by atoms with Crippen LogP contribution in [0.3, 0.4) is 0 Å². The molecule has 0 fully saturated rings. The van der Waals surface area contributed by atoms with Crippen LogP contribution < -0.4 is 0 Å². The summed E-state index contributed by atoms with van der Waals surface area (Å²) >= 11 is 2.18. The standard InChI is InChI=1S/C9H10F3NO3S2/c1-5-6(7(14)15)18-8(13-5)17-3-2-16-4-9(10,11)12/h2-4H2,1H3,(H,14,15). The second kappa shape index (κ2) is 6.39. The van der Waals surface area contributed by atoms with E-state index in [2.05, 4.69) is 9.72 Å². The SMILES string of the molecule is Cc1nc(SCCOCC(F)(F)F)sc1C(=O)O. The second-order valence-corrected chi connectivity index (χ2v) is 5.56. The van der Waals surface area contributed by atoms with E-state index < -0.39 is 18.8 Å². The van der Waals surface area contributed by atoms with Crippen LogP contribution in [0.5, 0.6) is 0 Å². The Morgan fingerprint density at radius 1 is 1.56 bits per heavy atom. The van der Waals surface area contributed by atoms with Gasteiger partial charge in [0, 0.05) is 5.75 Å². The minimum atomic E-state index is -4.32. The molecule has 1 rings (SSSR count). The van der Waals surface area contributed by atoms with Gasteiger partial charge in [-0.25, -0.2) is 9.78 Å². The lowest BCUT2D eigenvalue weighted by Gasteiger charge is -2.06. The number of aromatic carboxylic acids is 1. The highest BCUT2D eigenvalue weighted by atomic mass is 32.2. The van der Waals surface area contributed by atoms with Crippen LogP contribution in [0, 0.1) is 6.92 Å². The fourth-order valence-electron chi connectivity index (χ4n) is 1.01. The van der Waals surface area contributed by atoms with E-state index in [0.717, 1.165) is 11.3 Å². The lowest BCUT2D eigenvalue weighted by Crippen LogP contribution is -2.17. The molecule has 1 N–H and O–H groups in total. The number of halogens is 3. The molecule has 1 aromatic heterocycles. The number of hydrogen-bond donors (Lipinski definition) is 1. The van der Waals surface area contributed by atoms with E-state index in [4.69, 9.17) is 5.11 Å². The summed E-state index contributed by atoms with van der Waals surface area (Å²) in [5.41, 5.74) is 0.409. The van der Waals surface area contributed by atoms with Gasteiger partial charge in [-0.3, -0.25) is 0 Å². The highest BCUT2D eigenvalue weighted by Crippen LogP contribution is 2.27. The molecule has 0 saturated carbocycles. The quantitative estimate of drug-likeness (QED) is 0.647. The molecule has 0 amide bonds. The van der Waals surface area contributed by atoms with Gasteiger partial charge in [-0.1, -0.05) is 11.8 Å². The minimum Gasteiger partial charge on any atom is -0.477 e. The minimum absolute atomic E-state index is 0.0643. The molecular weight excluding hydrogens is 291 g/mol. The Balaban J connectivity index is 2.32. The lowest BCUT2D eigenvalue weighted by atomic mass is 10.4. The fraction of sp³-hybridized carbons (Fsp3) is 0.556. The Bertz CT molecular complexity index is 420. The number of alkyl halides is 3. The molecule has 0 aliphatic rings. The van der Waals surface area contributed by atoms with Crippen LogP contribution in [0.25, 0.3) is 0 Å². The number of nitrogens with zero attached hydrogens (tertiary/aromatic N) is 1. The first-order valence-electron chi connectivity index (χ1n) is 4.77. The van der Waals surface area contributed by atoms with Gasteiger partial charge in [-0.05, 0) is 6.92 Å². The topological polar surface area (TPSA) is 59.4 Å². The van der Waals surface area contributed by atoms with Gasteiger partial charge in [0.1, 0.15) is 11.5 Å². The third-order valence-corrected chi connectivity index (χ3v) is 3.94. The highest BCUT2D eigenvalue weighted by Gasteiger charge is 2.27. The number of carbonyl (C=O) groups is 1. The molecule has 0 radical (unpaired) electrons. The monoisotopic (exact) mass is 301 g/mol. The summed E-state index contributed by atoms with van der Waals surface area (Å²) in [4.78, 5) is 14.9. The molecule has 0 aliphatic heterocycles. The third-order valence-electron chi connectivity index (χ3n) is 1.69. The van der Waals surface area contributed by atoms with Gasteiger partial charge in [-0.2, -0.15) is 13.2 Å². The summed E-state index contributed by atoms with van der Waals surface area (Å²) in [5, 5.41) is 8.79. The predicted octanol–water partition coefficient (Wildman–Crippen LogP) is 2.82. The van der Waals surface area contributed by atoms with Crippen LogP contribution in [0.2, 0.25) is 0 Å². The number of aromatic nitrogens is 1. The van der Waals surface area contributed by atoms with Crippen molar-refractivity contribution in [1.82, 2.24) is 4.98 Å². The first-order chi connectivity index (χ1) is 8.29. The van der Waals surface area contributed by atoms with Crippen molar-refractivity contribution in [2.24, 2.45) is 0 Å². The summed E-state index contributed by atoms with van der Waals surface area (Å²) in [7, 11) is 0. The molecule has 1 heterocycles. The fourth-order valence-corrected chi connectivity index (χ4v) is 2.96. The summed E-state index contributed by atoms with van der Waals surface area (Å²) in [6, 6.07) is 0. The molecule has 0 spiro atoms. The van der Waals surface area contributed by atoms with Crippen LogP contribution in [-0.2, 0) is 4.74 Å². The van der Waals surface area contributed by atoms with E-state index in [1.165, 1.54) is 11.8 Å². The first kappa shape index (κ1) is 15.3. The van der Waals surface area contributed by atoms with E-state index in [0.29, 0.717) is 15.8 Å². The molecule has 0 bridgehead atoms. The van der Waals surface area contributed by atoms with Crippen molar-refractivity contribution < 1.29 is 27.8 Å². The predicted molar refractivity (Wildman–Crippen MR) is 61.4 cm³/mol. The molecule has 0 saturated heterocycles. The average Bonchev–Trinajstić information content (AvgIpc) is 2.57. The zero-order chi connectivity index (χ0) is 13.8. The Kier molecular flexibility index (Phi) is 5.42. The molecular formula is C9H10F3NO3S2. The molecule has 4 nitrogen and oxygen atoms in total. The number of carboxylic acids is 1. The van der Waals surface area contributed by atoms with Crippen LogP contribution in [0.4, 0.5) is 13.2 Å². The van der Waals surface area contributed by atoms with Gasteiger partial charge in [0.15, 0.2) is 4.34 Å². The summed E-state index contributed by atoms with van der Waals surface area (Å²) < 4.78 is 40.2. The van der Waals surface area contributed by atoms with Crippen molar-refractivity contribution in [3.05, 3.63) is 10.6 Å². The molecule has 0 atom stereocenters. The van der Waals surface area contributed by atoms with E-state index in [1.807, 2.05) is 0 Å². The maximum Gasteiger partial charge on any atom is 0.411 e. The van der Waals surface area contributed by atoms with Crippen LogP contribution in [-0.4, -0.2) is 41.2 Å². The molecule has 0 aromatic carbocycles. The number of thioether (sulfide) groups is 1. The van der Waals surface area contributed by atoms with Gasteiger partial charge in [0.25, 0.3) is 0 Å². The number of thiazole rings is 1. The van der Waals surface area contributed by atoms with Crippen LogP contribution >= 0.6 is 23.1 Å². The normalized spacial score (nSPS) is 11.8. The summed E-state index contributed by atoms with van der Waals surface area (Å²) in [6.45, 7) is 0.236. The van der Waals surface area contributed by atoms with E-state index in [9.17, 15) is 18.0 Å². The van der Waals surface area contributed by atoms with Crippen molar-refractivity contribution in [3.8, 4) is 0 Å². The third kappa shape index (κ3) is 5.23. The number of rotatable bonds is 6. The Morgan fingerprint density at radius 3 is 2.72 bits per heavy atom. The van der Waals surface area contributed by atoms with Crippen molar-refractivity contribution in [1.29, 1.82) is 0 Å². The van der Waals surface area contributed by atoms with Crippen molar-refractivity contribution in [2.45, 2.75) is 17.4 Å². The summed E-state index contributed by atoms with van der Waals surface area (Å²) in [6.07, 6.45) is -4.32. The molecule has 1 aromatic rings.